The molecule has 0 aromatic carbocycles. The highest BCUT2D eigenvalue weighted by atomic mass is 32.1. The van der Waals surface area contributed by atoms with Crippen LogP contribution in [0.3, 0.4) is 0 Å². The van der Waals surface area contributed by atoms with Gasteiger partial charge in [-0.1, -0.05) is 0 Å². The number of hydrogen-bond acceptors (Lipinski definition) is 5. The first-order chi connectivity index (χ1) is 8.74. The predicted molar refractivity (Wildman–Crippen MR) is 72.7 cm³/mol. The van der Waals surface area contributed by atoms with Gasteiger partial charge in [0.05, 0.1) is 17.6 Å². The predicted octanol–water partition coefficient (Wildman–Crippen LogP) is 2.60. The SMILES string of the molecule is C[C@@H](Nc1ncnc2sccc12)c1cnn(C)c1. The van der Waals surface area contributed by atoms with E-state index in [0.717, 1.165) is 21.6 Å². The van der Waals surface area contributed by atoms with Crippen molar-refractivity contribution >= 4 is 27.4 Å². The smallest absolute Gasteiger partial charge is 0.138 e. The van der Waals surface area contributed by atoms with Gasteiger partial charge < -0.3 is 5.32 Å². The molecule has 0 amide bonds. The zero-order valence-electron chi connectivity index (χ0n) is 10.2. The van der Waals surface area contributed by atoms with Gasteiger partial charge in [-0.25, -0.2) is 9.97 Å². The molecule has 3 heterocycles. The summed E-state index contributed by atoms with van der Waals surface area (Å²) < 4.78 is 1.80. The summed E-state index contributed by atoms with van der Waals surface area (Å²) >= 11 is 1.62. The first-order valence-corrected chi connectivity index (χ1v) is 6.55. The average molecular weight is 259 g/mol. The first-order valence-electron chi connectivity index (χ1n) is 5.67. The van der Waals surface area contributed by atoms with Crippen LogP contribution in [0.2, 0.25) is 0 Å². The van der Waals surface area contributed by atoms with E-state index in [4.69, 9.17) is 0 Å². The zero-order chi connectivity index (χ0) is 12.5. The Morgan fingerprint density at radius 3 is 3.06 bits per heavy atom. The van der Waals surface area contributed by atoms with Crippen molar-refractivity contribution in [3.63, 3.8) is 0 Å². The summed E-state index contributed by atoms with van der Waals surface area (Å²) in [5, 5.41) is 10.7. The van der Waals surface area contributed by atoms with Gasteiger partial charge in [0.1, 0.15) is 17.0 Å². The van der Waals surface area contributed by atoms with Crippen molar-refractivity contribution in [2.75, 3.05) is 5.32 Å². The van der Waals surface area contributed by atoms with Crippen molar-refractivity contribution in [3.8, 4) is 0 Å². The summed E-state index contributed by atoms with van der Waals surface area (Å²) in [7, 11) is 1.91. The van der Waals surface area contributed by atoms with Crippen molar-refractivity contribution < 1.29 is 0 Å². The Bertz CT molecular complexity index is 672. The Balaban J connectivity index is 1.90. The standard InChI is InChI=1S/C12H13N5S/c1-8(9-5-15-17(2)6-9)16-11-10-3-4-18-12(10)14-7-13-11/h3-8H,1-2H3,(H,13,14,16)/t8-/m1/s1. The third kappa shape index (κ3) is 1.95. The number of aromatic nitrogens is 4. The van der Waals surface area contributed by atoms with Gasteiger partial charge in [0, 0.05) is 18.8 Å². The Hall–Kier alpha value is -1.95. The Labute approximate surface area is 109 Å². The van der Waals surface area contributed by atoms with Crippen LogP contribution in [-0.4, -0.2) is 19.7 Å². The number of anilines is 1. The summed E-state index contributed by atoms with van der Waals surface area (Å²) in [6.45, 7) is 2.09. The van der Waals surface area contributed by atoms with Gasteiger partial charge in [-0.2, -0.15) is 5.10 Å². The van der Waals surface area contributed by atoms with Gasteiger partial charge in [0.25, 0.3) is 0 Å². The monoisotopic (exact) mass is 259 g/mol. The highest BCUT2D eigenvalue weighted by molar-refractivity contribution is 7.16. The van der Waals surface area contributed by atoms with E-state index in [1.54, 1.807) is 22.3 Å². The van der Waals surface area contributed by atoms with Crippen LogP contribution >= 0.6 is 11.3 Å². The minimum Gasteiger partial charge on any atom is -0.363 e. The molecule has 3 aromatic rings. The van der Waals surface area contributed by atoms with Crippen LogP contribution in [0.5, 0.6) is 0 Å². The highest BCUT2D eigenvalue weighted by Crippen LogP contribution is 2.26. The van der Waals surface area contributed by atoms with Gasteiger partial charge in [0.15, 0.2) is 0 Å². The molecule has 3 aromatic heterocycles. The molecule has 92 valence electrons. The maximum Gasteiger partial charge on any atom is 0.138 e. The second-order valence-electron chi connectivity index (χ2n) is 4.18. The van der Waals surface area contributed by atoms with Crippen molar-refractivity contribution in [3.05, 3.63) is 35.7 Å². The molecule has 0 aliphatic carbocycles. The normalized spacial score (nSPS) is 12.8. The van der Waals surface area contributed by atoms with Gasteiger partial charge in [-0.15, -0.1) is 11.3 Å². The van der Waals surface area contributed by atoms with Crippen LogP contribution in [0.4, 0.5) is 5.82 Å². The quantitative estimate of drug-likeness (QED) is 0.785. The number of hydrogen-bond donors (Lipinski definition) is 1. The average Bonchev–Trinajstić information content (AvgIpc) is 2.97. The number of nitrogens with zero attached hydrogens (tertiary/aromatic N) is 4. The lowest BCUT2D eigenvalue weighted by Crippen LogP contribution is -2.07. The van der Waals surface area contributed by atoms with E-state index in [-0.39, 0.29) is 6.04 Å². The number of rotatable bonds is 3. The second kappa shape index (κ2) is 4.38. The molecule has 0 bridgehead atoms. The number of fused-ring (bicyclic) bond motifs is 1. The fraction of sp³-hybridized carbons (Fsp3) is 0.250. The highest BCUT2D eigenvalue weighted by Gasteiger charge is 2.11. The third-order valence-electron chi connectivity index (χ3n) is 2.84. The van der Waals surface area contributed by atoms with Crippen LogP contribution in [0.15, 0.2) is 30.2 Å². The molecule has 1 atom stereocenters. The van der Waals surface area contributed by atoms with E-state index in [0.29, 0.717) is 0 Å². The molecule has 0 spiro atoms. The lowest BCUT2D eigenvalue weighted by Gasteiger charge is -2.13. The first kappa shape index (κ1) is 11.2. The number of thiophene rings is 1. The van der Waals surface area contributed by atoms with E-state index >= 15 is 0 Å². The van der Waals surface area contributed by atoms with Crippen molar-refractivity contribution in [2.45, 2.75) is 13.0 Å². The largest absolute Gasteiger partial charge is 0.363 e. The summed E-state index contributed by atoms with van der Waals surface area (Å²) in [4.78, 5) is 9.55. The van der Waals surface area contributed by atoms with Gasteiger partial charge in [0.2, 0.25) is 0 Å². The maximum absolute atomic E-state index is 4.31. The van der Waals surface area contributed by atoms with E-state index in [1.165, 1.54) is 0 Å². The summed E-state index contributed by atoms with van der Waals surface area (Å²) in [5.74, 6) is 0.873. The molecule has 0 saturated heterocycles. The number of aryl methyl sites for hydroxylation is 1. The van der Waals surface area contributed by atoms with Crippen molar-refractivity contribution in [1.82, 2.24) is 19.7 Å². The second-order valence-corrected chi connectivity index (χ2v) is 5.07. The molecular weight excluding hydrogens is 246 g/mol. The summed E-state index contributed by atoms with van der Waals surface area (Å²) in [5.41, 5.74) is 1.14. The fourth-order valence-electron chi connectivity index (χ4n) is 1.86. The molecule has 0 radical (unpaired) electrons. The van der Waals surface area contributed by atoms with Crippen molar-refractivity contribution in [2.24, 2.45) is 7.05 Å². The molecule has 0 aliphatic heterocycles. The van der Waals surface area contributed by atoms with Crippen molar-refractivity contribution in [1.29, 1.82) is 0 Å². The van der Waals surface area contributed by atoms with E-state index < -0.39 is 0 Å². The molecular formula is C12H13N5S. The summed E-state index contributed by atoms with van der Waals surface area (Å²) in [6.07, 6.45) is 5.46. The van der Waals surface area contributed by atoms with E-state index in [2.05, 4.69) is 27.3 Å². The Morgan fingerprint density at radius 1 is 1.39 bits per heavy atom. The van der Waals surface area contributed by atoms with Crippen LogP contribution < -0.4 is 5.32 Å². The molecule has 6 heteroatoms. The number of nitrogens with one attached hydrogen (secondary N) is 1. The molecule has 0 fully saturated rings. The lowest BCUT2D eigenvalue weighted by atomic mass is 10.2. The van der Waals surface area contributed by atoms with Crippen LogP contribution in [0, 0.1) is 0 Å². The van der Waals surface area contributed by atoms with E-state index in [1.807, 2.05) is 30.9 Å². The molecule has 0 saturated carbocycles. The minimum atomic E-state index is 0.164. The Morgan fingerprint density at radius 2 is 2.28 bits per heavy atom. The molecule has 18 heavy (non-hydrogen) atoms. The minimum absolute atomic E-state index is 0.164. The van der Waals surface area contributed by atoms with Gasteiger partial charge >= 0.3 is 0 Å². The van der Waals surface area contributed by atoms with Crippen LogP contribution in [0.1, 0.15) is 18.5 Å². The molecule has 0 unspecified atom stereocenters. The zero-order valence-corrected chi connectivity index (χ0v) is 11.0. The molecule has 1 N–H and O–H groups in total. The van der Waals surface area contributed by atoms with Gasteiger partial charge in [-0.3, -0.25) is 4.68 Å². The molecule has 5 nitrogen and oxygen atoms in total. The third-order valence-corrected chi connectivity index (χ3v) is 3.66. The van der Waals surface area contributed by atoms with E-state index in [9.17, 15) is 0 Å². The lowest BCUT2D eigenvalue weighted by molar-refractivity contribution is 0.765. The summed E-state index contributed by atoms with van der Waals surface area (Å²) in [6, 6.07) is 2.20. The van der Waals surface area contributed by atoms with Gasteiger partial charge in [-0.05, 0) is 18.4 Å². The maximum atomic E-state index is 4.31. The van der Waals surface area contributed by atoms with Crippen LogP contribution in [-0.2, 0) is 7.05 Å². The van der Waals surface area contributed by atoms with Crippen LogP contribution in [0.25, 0.3) is 10.2 Å². The molecule has 3 rings (SSSR count). The molecule has 0 aliphatic rings. The topological polar surface area (TPSA) is 55.6 Å². The Kier molecular flexibility index (Phi) is 2.71. The fourth-order valence-corrected chi connectivity index (χ4v) is 2.59.